The maximum Gasteiger partial charge on any atom is 0.225 e. The molecule has 1 atom stereocenters. The Balaban J connectivity index is 2.01. The van der Waals surface area contributed by atoms with Gasteiger partial charge in [0.1, 0.15) is 0 Å². The fourth-order valence-corrected chi connectivity index (χ4v) is 2.39. The molecule has 1 saturated heterocycles. The summed E-state index contributed by atoms with van der Waals surface area (Å²) in [6, 6.07) is 0. The van der Waals surface area contributed by atoms with Gasteiger partial charge in [-0.2, -0.15) is 0 Å². The van der Waals surface area contributed by atoms with E-state index in [4.69, 9.17) is 0 Å². The third kappa shape index (κ3) is 3.16. The van der Waals surface area contributed by atoms with Gasteiger partial charge < -0.3 is 10.2 Å². The normalized spacial score (nSPS) is 20.6. The molecule has 2 rings (SSSR count). The van der Waals surface area contributed by atoms with Crippen molar-refractivity contribution in [3.8, 4) is 0 Å². The Kier molecular flexibility index (Phi) is 4.31. The van der Waals surface area contributed by atoms with Crippen LogP contribution in [0.3, 0.4) is 0 Å². The van der Waals surface area contributed by atoms with Gasteiger partial charge in [-0.15, -0.1) is 0 Å². The molecule has 94 valence electrons. The summed E-state index contributed by atoms with van der Waals surface area (Å²) >= 11 is 0. The molecule has 0 aromatic carbocycles. The van der Waals surface area contributed by atoms with Crippen LogP contribution in [-0.2, 0) is 6.54 Å². The average molecular weight is 234 g/mol. The third-order valence-corrected chi connectivity index (χ3v) is 3.45. The van der Waals surface area contributed by atoms with Crippen LogP contribution >= 0.6 is 0 Å². The molecule has 1 aliphatic heterocycles. The Labute approximate surface area is 103 Å². The first kappa shape index (κ1) is 12.3. The predicted octanol–water partition coefficient (Wildman–Crippen LogP) is 1.82. The van der Waals surface area contributed by atoms with Crippen LogP contribution in [0, 0.1) is 5.92 Å². The first-order valence-corrected chi connectivity index (χ1v) is 6.54. The van der Waals surface area contributed by atoms with Crippen molar-refractivity contribution in [2.45, 2.75) is 32.7 Å². The molecule has 0 radical (unpaired) electrons. The van der Waals surface area contributed by atoms with Crippen molar-refractivity contribution in [3.63, 3.8) is 0 Å². The van der Waals surface area contributed by atoms with Crippen LogP contribution in [0.2, 0.25) is 0 Å². The molecule has 1 aliphatic rings. The lowest BCUT2D eigenvalue weighted by molar-refractivity contribution is 0.401. The van der Waals surface area contributed by atoms with Gasteiger partial charge in [-0.3, -0.25) is 0 Å². The van der Waals surface area contributed by atoms with Crippen molar-refractivity contribution in [2.75, 3.05) is 25.0 Å². The summed E-state index contributed by atoms with van der Waals surface area (Å²) in [7, 11) is 1.93. The van der Waals surface area contributed by atoms with Crippen LogP contribution in [0.5, 0.6) is 0 Å². The van der Waals surface area contributed by atoms with Crippen LogP contribution in [0.1, 0.15) is 31.7 Å². The summed E-state index contributed by atoms with van der Waals surface area (Å²) in [5, 5.41) is 3.11. The predicted molar refractivity (Wildman–Crippen MR) is 70.0 cm³/mol. The van der Waals surface area contributed by atoms with Gasteiger partial charge in [-0.25, -0.2) is 9.97 Å². The van der Waals surface area contributed by atoms with E-state index in [0.29, 0.717) is 0 Å². The number of nitrogens with one attached hydrogen (secondary N) is 1. The molecule has 1 fully saturated rings. The quantitative estimate of drug-likeness (QED) is 0.863. The number of anilines is 1. The van der Waals surface area contributed by atoms with E-state index in [1.807, 2.05) is 19.4 Å². The Hall–Kier alpha value is -1.16. The van der Waals surface area contributed by atoms with Crippen LogP contribution in [-0.4, -0.2) is 30.1 Å². The molecule has 1 unspecified atom stereocenters. The van der Waals surface area contributed by atoms with Crippen molar-refractivity contribution >= 4 is 5.95 Å². The van der Waals surface area contributed by atoms with E-state index in [-0.39, 0.29) is 0 Å². The molecule has 0 spiro atoms. The standard InChI is InChI=1S/C13H22N4/c1-3-11-5-4-6-17(10-11)13-15-8-12(7-14-2)9-16-13/h8-9,11,14H,3-7,10H2,1-2H3. The number of nitrogens with zero attached hydrogens (tertiary/aromatic N) is 3. The monoisotopic (exact) mass is 234 g/mol. The van der Waals surface area contributed by atoms with Gasteiger partial charge in [0, 0.05) is 37.6 Å². The van der Waals surface area contributed by atoms with Crippen molar-refractivity contribution in [1.82, 2.24) is 15.3 Å². The zero-order valence-corrected chi connectivity index (χ0v) is 10.8. The van der Waals surface area contributed by atoms with Crippen LogP contribution in [0.15, 0.2) is 12.4 Å². The molecule has 0 aliphatic carbocycles. The molecule has 4 nitrogen and oxygen atoms in total. The van der Waals surface area contributed by atoms with Gasteiger partial charge in [0.25, 0.3) is 0 Å². The van der Waals surface area contributed by atoms with E-state index in [1.54, 1.807) is 0 Å². The SMILES string of the molecule is CCC1CCCN(c2ncc(CNC)cn2)C1. The van der Waals surface area contributed by atoms with Gasteiger partial charge in [0.15, 0.2) is 0 Å². The first-order chi connectivity index (χ1) is 8.33. The molecule has 1 N–H and O–H groups in total. The molecular formula is C13H22N4. The van der Waals surface area contributed by atoms with Crippen molar-refractivity contribution in [1.29, 1.82) is 0 Å². The second-order valence-corrected chi connectivity index (χ2v) is 4.78. The van der Waals surface area contributed by atoms with E-state index < -0.39 is 0 Å². The number of aromatic nitrogens is 2. The second kappa shape index (κ2) is 5.96. The third-order valence-electron chi connectivity index (χ3n) is 3.45. The Bertz CT molecular complexity index is 336. The smallest absolute Gasteiger partial charge is 0.225 e. The van der Waals surface area contributed by atoms with Gasteiger partial charge in [-0.1, -0.05) is 13.3 Å². The Morgan fingerprint density at radius 3 is 2.82 bits per heavy atom. The molecule has 2 heterocycles. The van der Waals surface area contributed by atoms with E-state index >= 15 is 0 Å². The molecule has 1 aromatic rings. The first-order valence-electron chi connectivity index (χ1n) is 6.54. The van der Waals surface area contributed by atoms with Crippen LogP contribution in [0.25, 0.3) is 0 Å². The minimum Gasteiger partial charge on any atom is -0.341 e. The zero-order valence-electron chi connectivity index (χ0n) is 10.8. The lowest BCUT2D eigenvalue weighted by Crippen LogP contribution is -2.36. The Morgan fingerprint density at radius 1 is 1.41 bits per heavy atom. The molecule has 4 heteroatoms. The van der Waals surface area contributed by atoms with E-state index in [1.165, 1.54) is 19.3 Å². The zero-order chi connectivity index (χ0) is 12.1. The molecular weight excluding hydrogens is 212 g/mol. The summed E-state index contributed by atoms with van der Waals surface area (Å²) in [5.74, 6) is 1.70. The lowest BCUT2D eigenvalue weighted by Gasteiger charge is -2.32. The summed E-state index contributed by atoms with van der Waals surface area (Å²) in [6.45, 7) is 5.31. The largest absolute Gasteiger partial charge is 0.341 e. The number of hydrogen-bond acceptors (Lipinski definition) is 4. The highest BCUT2D eigenvalue weighted by molar-refractivity contribution is 5.30. The number of piperidine rings is 1. The van der Waals surface area contributed by atoms with Crippen LogP contribution < -0.4 is 10.2 Å². The molecule has 0 amide bonds. The second-order valence-electron chi connectivity index (χ2n) is 4.78. The van der Waals surface area contributed by atoms with Gasteiger partial charge >= 0.3 is 0 Å². The van der Waals surface area contributed by atoms with Crippen LogP contribution in [0.4, 0.5) is 5.95 Å². The summed E-state index contributed by atoms with van der Waals surface area (Å²) in [4.78, 5) is 11.2. The summed E-state index contributed by atoms with van der Waals surface area (Å²) in [5.41, 5.74) is 1.14. The van der Waals surface area contributed by atoms with E-state index in [0.717, 1.165) is 37.1 Å². The number of rotatable bonds is 4. The minimum absolute atomic E-state index is 0.810. The molecule has 0 bridgehead atoms. The van der Waals surface area contributed by atoms with Gasteiger partial charge in [-0.05, 0) is 25.8 Å². The molecule has 0 saturated carbocycles. The van der Waals surface area contributed by atoms with E-state index in [9.17, 15) is 0 Å². The molecule has 1 aromatic heterocycles. The minimum atomic E-state index is 0.810. The number of hydrogen-bond donors (Lipinski definition) is 1. The maximum atomic E-state index is 4.46. The Morgan fingerprint density at radius 2 is 2.18 bits per heavy atom. The maximum absolute atomic E-state index is 4.46. The highest BCUT2D eigenvalue weighted by Crippen LogP contribution is 2.22. The van der Waals surface area contributed by atoms with Crippen molar-refractivity contribution in [3.05, 3.63) is 18.0 Å². The van der Waals surface area contributed by atoms with Crippen molar-refractivity contribution in [2.24, 2.45) is 5.92 Å². The van der Waals surface area contributed by atoms with Gasteiger partial charge in [0.05, 0.1) is 0 Å². The highest BCUT2D eigenvalue weighted by Gasteiger charge is 2.20. The lowest BCUT2D eigenvalue weighted by atomic mass is 9.96. The van der Waals surface area contributed by atoms with Crippen molar-refractivity contribution < 1.29 is 0 Å². The van der Waals surface area contributed by atoms with Gasteiger partial charge in [0.2, 0.25) is 5.95 Å². The fraction of sp³-hybridized carbons (Fsp3) is 0.692. The summed E-state index contributed by atoms with van der Waals surface area (Å²) in [6.07, 6.45) is 7.72. The average Bonchev–Trinajstić information content (AvgIpc) is 2.40. The fourth-order valence-electron chi connectivity index (χ4n) is 2.39. The van der Waals surface area contributed by atoms with E-state index in [2.05, 4.69) is 27.1 Å². The molecule has 17 heavy (non-hydrogen) atoms. The topological polar surface area (TPSA) is 41.1 Å². The summed E-state index contributed by atoms with van der Waals surface area (Å²) < 4.78 is 0. The highest BCUT2D eigenvalue weighted by atomic mass is 15.2.